The number of hydrogen-bond acceptors (Lipinski definition) is 2. The molecule has 0 saturated heterocycles. The van der Waals surface area contributed by atoms with Gasteiger partial charge >= 0.3 is 0 Å². The zero-order valence-electron chi connectivity index (χ0n) is 7.45. The zero-order valence-corrected chi connectivity index (χ0v) is 9.03. The lowest BCUT2D eigenvalue weighted by atomic mass is 10.5. The Morgan fingerprint density at radius 1 is 1.30 bits per heavy atom. The number of aliphatic hydroxyl groups excluding tert-OH is 1. The summed E-state index contributed by atoms with van der Waals surface area (Å²) in [5, 5.41) is 10.6. The fourth-order valence-electron chi connectivity index (χ4n) is 0.250. The first-order chi connectivity index (χ1) is 4.83. The van der Waals surface area contributed by atoms with Crippen molar-refractivity contribution in [3.05, 3.63) is 0 Å². The average molecular weight is 214 g/mol. The van der Waals surface area contributed by atoms with Crippen molar-refractivity contribution in [3.8, 4) is 0 Å². The minimum Gasteiger partial charge on any atom is -0.397 e. The van der Waals surface area contributed by atoms with Crippen molar-refractivity contribution in [3.63, 3.8) is 0 Å². The van der Waals surface area contributed by atoms with E-state index in [2.05, 4.69) is 28.2 Å². The van der Waals surface area contributed by atoms with Crippen LogP contribution >= 0.6 is 15.9 Å². The van der Waals surface area contributed by atoms with Crippen molar-refractivity contribution < 1.29 is 5.11 Å². The summed E-state index contributed by atoms with van der Waals surface area (Å²) in [5.41, 5.74) is 0. The Balaban J connectivity index is -0.0000000847. The molecule has 0 aliphatic heterocycles. The fraction of sp³-hybridized carbons (Fsp3) is 1.00. The minimum atomic E-state index is 0.250. The molecule has 0 aliphatic carbocycles. The van der Waals surface area contributed by atoms with E-state index in [-0.39, 0.29) is 6.61 Å². The Morgan fingerprint density at radius 2 is 1.60 bits per heavy atom. The molecule has 0 bridgehead atoms. The van der Waals surface area contributed by atoms with Gasteiger partial charge < -0.3 is 10.4 Å². The summed E-state index contributed by atoms with van der Waals surface area (Å²) in [6.07, 6.45) is 1.23. The van der Waals surface area contributed by atoms with E-state index in [1.165, 1.54) is 6.42 Å². The van der Waals surface area contributed by atoms with Crippen molar-refractivity contribution in [2.75, 3.05) is 26.0 Å². The van der Waals surface area contributed by atoms with Gasteiger partial charge in [-0.1, -0.05) is 22.9 Å². The summed E-state index contributed by atoms with van der Waals surface area (Å²) in [5.74, 6) is 1.81. The molecule has 0 aliphatic rings. The van der Waals surface area contributed by atoms with E-state index in [0.717, 1.165) is 6.54 Å². The second kappa shape index (κ2) is 34.3. The summed E-state index contributed by atoms with van der Waals surface area (Å²) in [6.45, 7) is 5.22. The highest BCUT2D eigenvalue weighted by Crippen LogP contribution is 1.62. The van der Waals surface area contributed by atoms with E-state index in [0.29, 0.717) is 0 Å². The molecule has 0 aromatic rings. The summed E-state index contributed by atoms with van der Waals surface area (Å²) < 4.78 is 0. The van der Waals surface area contributed by atoms with Gasteiger partial charge in [0.2, 0.25) is 0 Å². The molecule has 0 rings (SSSR count). The lowest BCUT2D eigenvalue weighted by Gasteiger charge is -1.84. The molecular formula is C7H20BrNO. The van der Waals surface area contributed by atoms with Crippen LogP contribution in [0.2, 0.25) is 0 Å². The SMILES string of the molecule is CBr.CCCNC.CCO. The first-order valence-electron chi connectivity index (χ1n) is 3.46. The van der Waals surface area contributed by atoms with Crippen LogP contribution in [-0.4, -0.2) is 31.1 Å². The van der Waals surface area contributed by atoms with Crippen molar-refractivity contribution in [1.29, 1.82) is 0 Å². The largest absolute Gasteiger partial charge is 0.397 e. The highest BCUT2D eigenvalue weighted by Gasteiger charge is 1.64. The van der Waals surface area contributed by atoms with Gasteiger partial charge in [-0.2, -0.15) is 0 Å². The number of aliphatic hydroxyl groups is 1. The fourth-order valence-corrected chi connectivity index (χ4v) is 0.250. The van der Waals surface area contributed by atoms with Crippen LogP contribution in [-0.2, 0) is 0 Å². The maximum absolute atomic E-state index is 7.57. The Hall–Kier alpha value is 0.400. The standard InChI is InChI=1S/C4H11N.C2H6O.CH3Br/c1-3-4-5-2;1-2-3;1-2/h5H,3-4H2,1-2H3;3H,2H2,1H3;1H3. The predicted molar refractivity (Wildman–Crippen MR) is 51.8 cm³/mol. The molecule has 0 saturated carbocycles. The first-order valence-corrected chi connectivity index (χ1v) is 5.05. The summed E-state index contributed by atoms with van der Waals surface area (Å²) in [6, 6.07) is 0. The number of hydrogen-bond donors (Lipinski definition) is 2. The zero-order chi connectivity index (χ0) is 8.83. The van der Waals surface area contributed by atoms with E-state index in [1.54, 1.807) is 6.92 Å². The topological polar surface area (TPSA) is 32.3 Å². The Bertz CT molecular complexity index is 27.6. The van der Waals surface area contributed by atoms with Crippen molar-refractivity contribution in [2.45, 2.75) is 20.3 Å². The lowest BCUT2D eigenvalue weighted by molar-refractivity contribution is 0.318. The molecule has 0 spiro atoms. The van der Waals surface area contributed by atoms with Gasteiger partial charge in [0, 0.05) is 6.61 Å². The molecule has 2 N–H and O–H groups in total. The van der Waals surface area contributed by atoms with E-state index >= 15 is 0 Å². The van der Waals surface area contributed by atoms with Gasteiger partial charge in [-0.3, -0.25) is 0 Å². The number of halogens is 1. The lowest BCUT2D eigenvalue weighted by Crippen LogP contribution is -2.04. The smallest absolute Gasteiger partial charge is 0.0402 e. The maximum atomic E-state index is 7.57. The normalized spacial score (nSPS) is 6.60. The highest BCUT2D eigenvalue weighted by atomic mass is 79.9. The van der Waals surface area contributed by atoms with Gasteiger partial charge in [0.05, 0.1) is 0 Å². The van der Waals surface area contributed by atoms with Crippen LogP contribution in [0.25, 0.3) is 0 Å². The Kier molecular flexibility index (Phi) is 57.5. The first kappa shape index (κ1) is 16.8. The molecule has 0 fully saturated rings. The van der Waals surface area contributed by atoms with Gasteiger partial charge in [0.1, 0.15) is 0 Å². The van der Waals surface area contributed by atoms with Crippen molar-refractivity contribution in [1.82, 2.24) is 5.32 Å². The number of rotatable bonds is 2. The summed E-state index contributed by atoms with van der Waals surface area (Å²) in [7, 11) is 1.96. The van der Waals surface area contributed by atoms with Gasteiger partial charge in [0.15, 0.2) is 0 Å². The molecule has 0 amide bonds. The second-order valence-electron chi connectivity index (χ2n) is 1.42. The average Bonchev–Trinajstić information content (AvgIpc) is 1.96. The van der Waals surface area contributed by atoms with E-state index in [1.807, 2.05) is 12.9 Å². The molecular weight excluding hydrogens is 194 g/mol. The number of alkyl halides is 1. The number of nitrogens with one attached hydrogen (secondary N) is 1. The van der Waals surface area contributed by atoms with Gasteiger partial charge in [-0.15, -0.1) is 0 Å². The monoisotopic (exact) mass is 213 g/mol. The molecule has 0 aromatic carbocycles. The van der Waals surface area contributed by atoms with E-state index in [4.69, 9.17) is 5.11 Å². The molecule has 2 nitrogen and oxygen atoms in total. The maximum Gasteiger partial charge on any atom is 0.0402 e. The highest BCUT2D eigenvalue weighted by molar-refractivity contribution is 9.08. The third kappa shape index (κ3) is 79.9. The Labute approximate surface area is 73.2 Å². The molecule has 66 valence electrons. The van der Waals surface area contributed by atoms with Crippen LogP contribution in [0.4, 0.5) is 0 Å². The van der Waals surface area contributed by atoms with E-state index < -0.39 is 0 Å². The molecule has 0 atom stereocenters. The Morgan fingerprint density at radius 3 is 1.60 bits per heavy atom. The summed E-state index contributed by atoms with van der Waals surface area (Å²) in [4.78, 5) is 0. The third-order valence-corrected chi connectivity index (χ3v) is 0.500. The molecule has 0 unspecified atom stereocenters. The second-order valence-corrected chi connectivity index (χ2v) is 1.42. The molecule has 0 heterocycles. The van der Waals surface area contributed by atoms with Gasteiger partial charge in [-0.05, 0) is 32.8 Å². The van der Waals surface area contributed by atoms with Crippen LogP contribution in [0.15, 0.2) is 0 Å². The van der Waals surface area contributed by atoms with Crippen LogP contribution in [0.5, 0.6) is 0 Å². The van der Waals surface area contributed by atoms with Crippen LogP contribution < -0.4 is 5.32 Å². The predicted octanol–water partition coefficient (Wildman–Crippen LogP) is 1.63. The van der Waals surface area contributed by atoms with E-state index in [9.17, 15) is 0 Å². The summed E-state index contributed by atoms with van der Waals surface area (Å²) >= 11 is 2.94. The van der Waals surface area contributed by atoms with Crippen LogP contribution in [0, 0.1) is 0 Å². The molecule has 10 heavy (non-hydrogen) atoms. The van der Waals surface area contributed by atoms with Crippen LogP contribution in [0.3, 0.4) is 0 Å². The van der Waals surface area contributed by atoms with Crippen molar-refractivity contribution in [2.24, 2.45) is 0 Å². The van der Waals surface area contributed by atoms with Gasteiger partial charge in [0.25, 0.3) is 0 Å². The molecule has 0 radical (unpaired) electrons. The quantitative estimate of drug-likeness (QED) is 0.684. The molecule has 0 aromatic heterocycles. The molecule has 3 heteroatoms. The third-order valence-electron chi connectivity index (χ3n) is 0.500. The van der Waals surface area contributed by atoms with Gasteiger partial charge in [-0.25, -0.2) is 0 Å². The minimum absolute atomic E-state index is 0.250. The van der Waals surface area contributed by atoms with Crippen molar-refractivity contribution >= 4 is 15.9 Å². The van der Waals surface area contributed by atoms with Crippen LogP contribution in [0.1, 0.15) is 20.3 Å².